The molecule has 0 rings (SSSR count). The summed E-state index contributed by atoms with van der Waals surface area (Å²) in [6.45, 7) is -0.639. The van der Waals surface area contributed by atoms with Gasteiger partial charge in [0.25, 0.3) is 6.47 Å². The van der Waals surface area contributed by atoms with Crippen LogP contribution >= 0.6 is 0 Å². The van der Waals surface area contributed by atoms with E-state index in [2.05, 4.69) is 4.65 Å². The van der Waals surface area contributed by atoms with E-state index in [0.29, 0.717) is 0 Å². The Balaban J connectivity index is 3.34. The fourth-order valence-electron chi connectivity index (χ4n) is 0.0630. The topological polar surface area (TPSA) is 26.3 Å². The lowest BCUT2D eigenvalue weighted by atomic mass is 10.3. The molecule has 7 heavy (non-hydrogen) atoms. The van der Waals surface area contributed by atoms with E-state index in [4.69, 9.17) is 4.79 Å². The van der Waals surface area contributed by atoms with Crippen LogP contribution in [0.4, 0.5) is 12.9 Å². The van der Waals surface area contributed by atoms with Gasteiger partial charge in [0, 0.05) is 0 Å². The van der Waals surface area contributed by atoms with Gasteiger partial charge in [-0.25, -0.2) is 0 Å². The Hall–Kier alpha value is -0.675. The molecule has 0 heterocycles. The van der Waals surface area contributed by atoms with Crippen molar-refractivity contribution in [1.82, 2.24) is 0 Å². The SMILES string of the molecule is O=CO[B-](F)(F)F. The third-order valence-corrected chi connectivity index (χ3v) is 0.210. The second-order valence-electron chi connectivity index (χ2n) is 0.747. The highest BCUT2D eigenvalue weighted by Gasteiger charge is 2.26. The summed E-state index contributed by atoms with van der Waals surface area (Å²) in [5.41, 5.74) is 0. The van der Waals surface area contributed by atoms with Crippen LogP contribution in [0.25, 0.3) is 0 Å². The number of hydrogen-bond acceptors (Lipinski definition) is 2. The van der Waals surface area contributed by atoms with Gasteiger partial charge in [0.15, 0.2) is 0 Å². The summed E-state index contributed by atoms with van der Waals surface area (Å²) in [7, 11) is -5.36. The highest BCUT2D eigenvalue weighted by Crippen LogP contribution is 2.06. The van der Waals surface area contributed by atoms with Gasteiger partial charge in [-0.2, -0.15) is 0 Å². The molecule has 0 aliphatic heterocycles. The largest absolute Gasteiger partial charge is 0.701 e. The van der Waals surface area contributed by atoms with Crippen molar-refractivity contribution in [2.24, 2.45) is 0 Å². The molecule has 0 aliphatic rings. The zero-order valence-corrected chi connectivity index (χ0v) is 3.11. The van der Waals surface area contributed by atoms with Crippen molar-refractivity contribution in [2.75, 3.05) is 0 Å². The molecule has 0 radical (unpaired) electrons. The maximum absolute atomic E-state index is 10.7. The molecule has 0 N–H and O–H groups in total. The van der Waals surface area contributed by atoms with Crippen LogP contribution in [-0.4, -0.2) is 13.7 Å². The van der Waals surface area contributed by atoms with Crippen molar-refractivity contribution in [2.45, 2.75) is 0 Å². The van der Waals surface area contributed by atoms with E-state index < -0.39 is 13.7 Å². The molecule has 0 saturated carbocycles. The first-order valence-electron chi connectivity index (χ1n) is 1.36. The summed E-state index contributed by atoms with van der Waals surface area (Å²) in [5, 5.41) is 0. The van der Waals surface area contributed by atoms with Gasteiger partial charge in [0.1, 0.15) is 0 Å². The fraction of sp³-hybridized carbons (Fsp3) is 0. The van der Waals surface area contributed by atoms with Crippen LogP contribution in [-0.2, 0) is 9.45 Å². The summed E-state index contributed by atoms with van der Waals surface area (Å²) in [6, 6.07) is 0. The Morgan fingerprint density at radius 1 is 1.43 bits per heavy atom. The van der Waals surface area contributed by atoms with Gasteiger partial charge >= 0.3 is 7.18 Å². The second kappa shape index (κ2) is 1.86. The van der Waals surface area contributed by atoms with Crippen LogP contribution in [0.2, 0.25) is 0 Å². The van der Waals surface area contributed by atoms with Crippen molar-refractivity contribution < 1.29 is 22.4 Å². The second-order valence-corrected chi connectivity index (χ2v) is 0.747. The van der Waals surface area contributed by atoms with Crippen LogP contribution in [0.15, 0.2) is 0 Å². The summed E-state index contributed by atoms with van der Waals surface area (Å²) < 4.78 is 34.6. The van der Waals surface area contributed by atoms with E-state index >= 15 is 0 Å². The fourth-order valence-corrected chi connectivity index (χ4v) is 0.0630. The molecule has 0 aromatic heterocycles. The molecule has 0 aromatic carbocycles. The van der Waals surface area contributed by atoms with Crippen molar-refractivity contribution in [3.8, 4) is 0 Å². The molecule has 0 fully saturated rings. The third-order valence-electron chi connectivity index (χ3n) is 0.210. The van der Waals surface area contributed by atoms with Gasteiger partial charge in [-0.15, -0.1) is 0 Å². The number of rotatable bonds is 2. The molecule has 2 nitrogen and oxygen atoms in total. The minimum Gasteiger partial charge on any atom is -0.611 e. The molecule has 0 saturated heterocycles. The average Bonchev–Trinajstić information content (AvgIpc) is 1.30. The standard InChI is InChI=1S/CHBF3O2/c3-2(4,5)7-1-6/h1H/q-1. The summed E-state index contributed by atoms with van der Waals surface area (Å²) in [6.07, 6.45) is 0. The summed E-state index contributed by atoms with van der Waals surface area (Å²) >= 11 is 0. The maximum atomic E-state index is 10.7. The first-order chi connectivity index (χ1) is 3.06. The molecule has 0 amide bonds. The predicted molar refractivity (Wildman–Crippen MR) is 16.2 cm³/mol. The molecule has 0 unspecified atom stereocenters. The van der Waals surface area contributed by atoms with E-state index in [1.54, 1.807) is 0 Å². The minimum atomic E-state index is -5.36. The van der Waals surface area contributed by atoms with Crippen LogP contribution in [0.5, 0.6) is 0 Å². The summed E-state index contributed by atoms with van der Waals surface area (Å²) in [5.74, 6) is 0. The van der Waals surface area contributed by atoms with Gasteiger partial charge in [0.2, 0.25) is 0 Å². The van der Waals surface area contributed by atoms with Crippen LogP contribution in [0, 0.1) is 0 Å². The number of hydrogen-bond donors (Lipinski definition) is 0. The Kier molecular flexibility index (Phi) is 1.68. The van der Waals surface area contributed by atoms with E-state index in [9.17, 15) is 12.9 Å². The smallest absolute Gasteiger partial charge is 0.611 e. The molecule has 6 heteroatoms. The normalized spacial score (nSPS) is 10.7. The number of halogens is 3. The predicted octanol–water partition coefficient (Wildman–Crippen LogP) is 0.503. The van der Waals surface area contributed by atoms with Crippen LogP contribution in [0.3, 0.4) is 0 Å². The molecule has 0 aromatic rings. The quantitative estimate of drug-likeness (QED) is 0.385. The molecule has 0 spiro atoms. The lowest BCUT2D eigenvalue weighted by Crippen LogP contribution is -2.19. The summed E-state index contributed by atoms with van der Waals surface area (Å²) in [4.78, 5) is 8.89. The number of carbonyl (C=O) groups excluding carboxylic acids is 1. The van der Waals surface area contributed by atoms with Gasteiger partial charge in [-0.3, -0.25) is 4.79 Å². The Morgan fingerprint density at radius 2 is 1.86 bits per heavy atom. The van der Waals surface area contributed by atoms with E-state index in [0.717, 1.165) is 0 Å². The minimum absolute atomic E-state index is 0.639. The van der Waals surface area contributed by atoms with Crippen LogP contribution < -0.4 is 0 Å². The zero-order chi connectivity index (χ0) is 5.91. The average molecular weight is 113 g/mol. The highest BCUT2D eigenvalue weighted by molar-refractivity contribution is 6.52. The van der Waals surface area contributed by atoms with Crippen molar-refractivity contribution in [1.29, 1.82) is 0 Å². The third kappa shape index (κ3) is 5.32. The van der Waals surface area contributed by atoms with Gasteiger partial charge in [0.05, 0.1) is 0 Å². The van der Waals surface area contributed by atoms with E-state index in [1.165, 1.54) is 0 Å². The van der Waals surface area contributed by atoms with Gasteiger partial charge < -0.3 is 17.6 Å². The van der Waals surface area contributed by atoms with Crippen LogP contribution in [0.1, 0.15) is 0 Å². The molecule has 0 bridgehead atoms. The molecular weight excluding hydrogens is 112 g/mol. The van der Waals surface area contributed by atoms with E-state index in [1.807, 2.05) is 0 Å². The molecule has 0 aliphatic carbocycles. The highest BCUT2D eigenvalue weighted by atomic mass is 19.4. The lowest BCUT2D eigenvalue weighted by molar-refractivity contribution is -0.123. The zero-order valence-electron chi connectivity index (χ0n) is 3.11. The van der Waals surface area contributed by atoms with Crippen molar-refractivity contribution >= 4 is 13.7 Å². The molecule has 0 atom stereocenters. The first-order valence-corrected chi connectivity index (χ1v) is 1.36. The van der Waals surface area contributed by atoms with Crippen molar-refractivity contribution in [3.05, 3.63) is 0 Å². The molecular formula is CHBF3O2-. The number of carbonyl (C=O) groups is 1. The first kappa shape index (κ1) is 6.32. The monoisotopic (exact) mass is 113 g/mol. The van der Waals surface area contributed by atoms with Gasteiger partial charge in [-0.05, 0) is 0 Å². The van der Waals surface area contributed by atoms with E-state index in [-0.39, 0.29) is 0 Å². The van der Waals surface area contributed by atoms with Gasteiger partial charge in [-0.1, -0.05) is 0 Å². The van der Waals surface area contributed by atoms with Crippen molar-refractivity contribution in [3.63, 3.8) is 0 Å². The maximum Gasteiger partial charge on any atom is 0.701 e. The Morgan fingerprint density at radius 3 is 1.86 bits per heavy atom. The molecule has 42 valence electrons. The Labute approximate surface area is 37.4 Å². The lowest BCUT2D eigenvalue weighted by Gasteiger charge is -2.09. The Bertz CT molecular complexity index is 67.8.